The van der Waals surface area contributed by atoms with Gasteiger partial charge in [-0.05, 0) is 26.7 Å². The van der Waals surface area contributed by atoms with Gasteiger partial charge in [0.15, 0.2) is 0 Å². The number of carbonyl (C=O) groups excluding carboxylic acids is 1. The second kappa shape index (κ2) is 6.49. The molecule has 0 saturated heterocycles. The molecule has 1 amide bonds. The van der Waals surface area contributed by atoms with Crippen molar-refractivity contribution in [1.29, 1.82) is 5.26 Å². The number of hydrogen-bond donors (Lipinski definition) is 1. The van der Waals surface area contributed by atoms with Crippen LogP contribution in [0.3, 0.4) is 0 Å². The van der Waals surface area contributed by atoms with E-state index in [0.29, 0.717) is 25.4 Å². The molecule has 0 heterocycles. The number of carbonyl (C=O) groups is 1. The number of nitrogens with one attached hydrogen (secondary N) is 1. The molecule has 1 fully saturated rings. The zero-order chi connectivity index (χ0) is 12.0. The summed E-state index contributed by atoms with van der Waals surface area (Å²) in [6, 6.07) is 2.92. The van der Waals surface area contributed by atoms with Crippen LogP contribution in [-0.2, 0) is 4.79 Å². The number of nitrogens with zero attached hydrogens (tertiary/aromatic N) is 2. The van der Waals surface area contributed by atoms with Gasteiger partial charge in [0.05, 0.1) is 12.5 Å². The number of hydrogen-bond acceptors (Lipinski definition) is 3. The second-order valence-corrected chi connectivity index (χ2v) is 4.57. The van der Waals surface area contributed by atoms with Crippen LogP contribution in [0.5, 0.6) is 0 Å². The van der Waals surface area contributed by atoms with Crippen LogP contribution in [0.1, 0.15) is 39.5 Å². The Hall–Kier alpha value is -1.08. The van der Waals surface area contributed by atoms with Gasteiger partial charge in [0.2, 0.25) is 5.91 Å². The summed E-state index contributed by atoms with van der Waals surface area (Å²) in [6.07, 6.45) is 3.45. The SMILES string of the molecule is CC(C)N(CCC#N)C(=O)CCNC1CC1. The monoisotopic (exact) mass is 223 g/mol. The molecule has 0 aromatic carbocycles. The fourth-order valence-corrected chi connectivity index (χ4v) is 1.66. The summed E-state index contributed by atoms with van der Waals surface area (Å²) in [5.41, 5.74) is 0. The lowest BCUT2D eigenvalue weighted by Crippen LogP contribution is -2.39. The van der Waals surface area contributed by atoms with Gasteiger partial charge in [-0.15, -0.1) is 0 Å². The number of amides is 1. The van der Waals surface area contributed by atoms with Gasteiger partial charge in [0.25, 0.3) is 0 Å². The third-order valence-electron chi connectivity index (χ3n) is 2.76. The molecule has 1 aliphatic carbocycles. The van der Waals surface area contributed by atoms with Gasteiger partial charge in [-0.3, -0.25) is 4.79 Å². The van der Waals surface area contributed by atoms with Crippen LogP contribution in [0.15, 0.2) is 0 Å². The fourth-order valence-electron chi connectivity index (χ4n) is 1.66. The van der Waals surface area contributed by atoms with Crippen molar-refractivity contribution >= 4 is 5.91 Å². The molecule has 0 atom stereocenters. The van der Waals surface area contributed by atoms with Gasteiger partial charge in [-0.25, -0.2) is 0 Å². The molecular formula is C12H21N3O. The maximum atomic E-state index is 11.9. The van der Waals surface area contributed by atoms with E-state index in [4.69, 9.17) is 5.26 Å². The van der Waals surface area contributed by atoms with Crippen molar-refractivity contribution in [2.75, 3.05) is 13.1 Å². The molecular weight excluding hydrogens is 202 g/mol. The van der Waals surface area contributed by atoms with Crippen molar-refractivity contribution in [2.24, 2.45) is 0 Å². The molecule has 0 unspecified atom stereocenters. The summed E-state index contributed by atoms with van der Waals surface area (Å²) in [4.78, 5) is 13.7. The maximum absolute atomic E-state index is 11.9. The lowest BCUT2D eigenvalue weighted by Gasteiger charge is -2.25. The summed E-state index contributed by atoms with van der Waals surface area (Å²) >= 11 is 0. The van der Waals surface area contributed by atoms with Crippen molar-refractivity contribution < 1.29 is 4.79 Å². The van der Waals surface area contributed by atoms with Crippen LogP contribution in [0, 0.1) is 11.3 Å². The normalized spacial score (nSPS) is 14.9. The van der Waals surface area contributed by atoms with Gasteiger partial charge < -0.3 is 10.2 Å². The Balaban J connectivity index is 2.24. The number of rotatable bonds is 7. The molecule has 1 aliphatic rings. The quantitative estimate of drug-likeness (QED) is 0.707. The Labute approximate surface area is 97.6 Å². The van der Waals surface area contributed by atoms with Gasteiger partial charge in [0, 0.05) is 31.6 Å². The predicted molar refractivity (Wildman–Crippen MR) is 62.7 cm³/mol. The first kappa shape index (κ1) is 13.0. The highest BCUT2D eigenvalue weighted by molar-refractivity contribution is 5.76. The summed E-state index contributed by atoms with van der Waals surface area (Å²) in [7, 11) is 0. The van der Waals surface area contributed by atoms with Crippen LogP contribution >= 0.6 is 0 Å². The third kappa shape index (κ3) is 4.63. The lowest BCUT2D eigenvalue weighted by molar-refractivity contribution is -0.132. The largest absolute Gasteiger partial charge is 0.339 e. The van der Waals surface area contributed by atoms with Crippen molar-refractivity contribution in [1.82, 2.24) is 10.2 Å². The average Bonchev–Trinajstić information content (AvgIpc) is 3.02. The zero-order valence-corrected chi connectivity index (χ0v) is 10.2. The topological polar surface area (TPSA) is 56.1 Å². The van der Waals surface area contributed by atoms with Crippen molar-refractivity contribution in [3.8, 4) is 6.07 Å². The van der Waals surface area contributed by atoms with E-state index in [2.05, 4.69) is 11.4 Å². The van der Waals surface area contributed by atoms with E-state index >= 15 is 0 Å². The van der Waals surface area contributed by atoms with E-state index in [1.54, 1.807) is 4.90 Å². The average molecular weight is 223 g/mol. The van der Waals surface area contributed by atoms with Crippen LogP contribution in [-0.4, -0.2) is 36.0 Å². The Morgan fingerprint density at radius 1 is 1.56 bits per heavy atom. The highest BCUT2D eigenvalue weighted by atomic mass is 16.2. The molecule has 90 valence electrons. The van der Waals surface area contributed by atoms with E-state index in [9.17, 15) is 4.79 Å². The molecule has 1 rings (SSSR count). The molecule has 0 spiro atoms. The van der Waals surface area contributed by atoms with Crippen LogP contribution < -0.4 is 5.32 Å². The third-order valence-corrected chi connectivity index (χ3v) is 2.76. The Morgan fingerprint density at radius 3 is 2.75 bits per heavy atom. The maximum Gasteiger partial charge on any atom is 0.224 e. The summed E-state index contributed by atoms with van der Waals surface area (Å²) in [5.74, 6) is 0.151. The molecule has 1 saturated carbocycles. The highest BCUT2D eigenvalue weighted by Gasteiger charge is 2.21. The van der Waals surface area contributed by atoms with Crippen LogP contribution in [0.2, 0.25) is 0 Å². The molecule has 4 heteroatoms. The van der Waals surface area contributed by atoms with E-state index in [1.807, 2.05) is 13.8 Å². The van der Waals surface area contributed by atoms with Gasteiger partial charge >= 0.3 is 0 Å². The molecule has 0 aromatic heterocycles. The first-order valence-corrected chi connectivity index (χ1v) is 6.05. The summed E-state index contributed by atoms with van der Waals surface area (Å²) < 4.78 is 0. The minimum atomic E-state index is 0.151. The lowest BCUT2D eigenvalue weighted by atomic mass is 10.2. The Morgan fingerprint density at radius 2 is 2.25 bits per heavy atom. The first-order chi connectivity index (χ1) is 7.65. The smallest absolute Gasteiger partial charge is 0.224 e. The molecule has 1 N–H and O–H groups in total. The zero-order valence-electron chi connectivity index (χ0n) is 10.2. The van der Waals surface area contributed by atoms with E-state index in [0.717, 1.165) is 6.54 Å². The van der Waals surface area contributed by atoms with E-state index < -0.39 is 0 Å². The minimum absolute atomic E-state index is 0.151. The predicted octanol–water partition coefficient (Wildman–Crippen LogP) is 1.28. The highest BCUT2D eigenvalue weighted by Crippen LogP contribution is 2.18. The van der Waals surface area contributed by atoms with Crippen molar-refractivity contribution in [2.45, 2.75) is 51.6 Å². The molecule has 0 aromatic rings. The Kier molecular flexibility index (Phi) is 5.27. The molecule has 16 heavy (non-hydrogen) atoms. The van der Waals surface area contributed by atoms with Gasteiger partial charge in [-0.2, -0.15) is 5.26 Å². The molecule has 0 aliphatic heterocycles. The van der Waals surface area contributed by atoms with Gasteiger partial charge in [-0.1, -0.05) is 0 Å². The molecule has 4 nitrogen and oxygen atoms in total. The van der Waals surface area contributed by atoms with Crippen LogP contribution in [0.4, 0.5) is 0 Å². The summed E-state index contributed by atoms with van der Waals surface area (Å²) in [5, 5.41) is 11.9. The van der Waals surface area contributed by atoms with Crippen molar-refractivity contribution in [3.63, 3.8) is 0 Å². The van der Waals surface area contributed by atoms with Crippen LogP contribution in [0.25, 0.3) is 0 Å². The standard InChI is InChI=1S/C12H21N3O/c1-10(2)15(9-3-7-13)12(16)6-8-14-11-4-5-11/h10-11,14H,3-6,8-9H2,1-2H3. The number of nitriles is 1. The van der Waals surface area contributed by atoms with E-state index in [1.165, 1.54) is 12.8 Å². The molecule has 0 radical (unpaired) electrons. The van der Waals surface area contributed by atoms with E-state index in [-0.39, 0.29) is 11.9 Å². The van der Waals surface area contributed by atoms with Gasteiger partial charge in [0.1, 0.15) is 0 Å². The van der Waals surface area contributed by atoms with Crippen molar-refractivity contribution in [3.05, 3.63) is 0 Å². The second-order valence-electron chi connectivity index (χ2n) is 4.57. The first-order valence-electron chi connectivity index (χ1n) is 6.05. The minimum Gasteiger partial charge on any atom is -0.339 e. The fraction of sp³-hybridized carbons (Fsp3) is 0.833. The molecule has 0 bridgehead atoms. The Bertz CT molecular complexity index is 266. The summed E-state index contributed by atoms with van der Waals surface area (Å²) in [6.45, 7) is 5.29.